The van der Waals surface area contributed by atoms with Crippen LogP contribution in [0.1, 0.15) is 22.2 Å². The van der Waals surface area contributed by atoms with Gasteiger partial charge in [-0.1, -0.05) is 17.7 Å². The van der Waals surface area contributed by atoms with E-state index in [1.807, 2.05) is 31.4 Å². The van der Waals surface area contributed by atoms with Gasteiger partial charge in [0.2, 0.25) is 11.8 Å². The number of amides is 1. The van der Waals surface area contributed by atoms with Crippen molar-refractivity contribution >= 4 is 28.8 Å². The fourth-order valence-corrected chi connectivity index (χ4v) is 3.24. The van der Waals surface area contributed by atoms with Crippen LogP contribution in [0.25, 0.3) is 11.5 Å². The molecule has 1 aromatic carbocycles. The summed E-state index contributed by atoms with van der Waals surface area (Å²) in [5.41, 5.74) is 2.43. The van der Waals surface area contributed by atoms with Crippen LogP contribution in [-0.2, 0) is 17.6 Å². The molecule has 1 N–H and O–H groups in total. The first-order valence-electron chi connectivity index (χ1n) is 7.91. The van der Waals surface area contributed by atoms with Crippen molar-refractivity contribution in [3.63, 3.8) is 0 Å². The SMILES string of the molecule is Cc1nc(CCNC(=O)Cc2nc(-c3cccc(Cl)c3)oc2C)cs1. The third-order valence-corrected chi connectivity index (χ3v) is 4.72. The van der Waals surface area contributed by atoms with Crippen molar-refractivity contribution in [2.24, 2.45) is 0 Å². The maximum atomic E-state index is 12.1. The fourth-order valence-electron chi connectivity index (χ4n) is 2.40. The van der Waals surface area contributed by atoms with Crippen molar-refractivity contribution in [1.29, 1.82) is 0 Å². The molecule has 0 aliphatic rings. The minimum Gasteiger partial charge on any atom is -0.441 e. The molecule has 0 bridgehead atoms. The standard InChI is InChI=1S/C18H18ClN3O2S/c1-11-16(22-18(24-11)13-4-3-5-14(19)8-13)9-17(23)20-7-6-15-10-25-12(2)21-15/h3-5,8,10H,6-7,9H2,1-2H3,(H,20,23). The highest BCUT2D eigenvalue weighted by Gasteiger charge is 2.15. The molecule has 130 valence electrons. The Morgan fingerprint density at radius 1 is 1.32 bits per heavy atom. The van der Waals surface area contributed by atoms with Gasteiger partial charge >= 0.3 is 0 Å². The number of nitrogens with one attached hydrogen (secondary N) is 1. The summed E-state index contributed by atoms with van der Waals surface area (Å²) in [4.78, 5) is 20.9. The topological polar surface area (TPSA) is 68.0 Å². The second kappa shape index (κ2) is 7.80. The number of rotatable bonds is 6. The molecular formula is C18H18ClN3O2S. The van der Waals surface area contributed by atoms with Gasteiger partial charge in [0.05, 0.1) is 22.8 Å². The van der Waals surface area contributed by atoms with Crippen molar-refractivity contribution in [3.05, 3.63) is 56.8 Å². The lowest BCUT2D eigenvalue weighted by Gasteiger charge is -2.02. The number of oxazole rings is 1. The van der Waals surface area contributed by atoms with Gasteiger partial charge in [0.25, 0.3) is 0 Å². The monoisotopic (exact) mass is 375 g/mol. The van der Waals surface area contributed by atoms with E-state index in [9.17, 15) is 4.79 Å². The summed E-state index contributed by atoms with van der Waals surface area (Å²) in [5.74, 6) is 1.03. The molecule has 3 rings (SSSR count). The van der Waals surface area contributed by atoms with Gasteiger partial charge in [-0.25, -0.2) is 9.97 Å². The zero-order valence-corrected chi connectivity index (χ0v) is 15.6. The first-order valence-corrected chi connectivity index (χ1v) is 9.17. The van der Waals surface area contributed by atoms with Gasteiger partial charge in [-0.15, -0.1) is 11.3 Å². The minimum atomic E-state index is -0.0824. The molecule has 1 amide bonds. The normalized spacial score (nSPS) is 10.8. The number of halogens is 1. The molecule has 0 spiro atoms. The summed E-state index contributed by atoms with van der Waals surface area (Å²) >= 11 is 7.61. The average Bonchev–Trinajstić information content (AvgIpc) is 3.14. The van der Waals surface area contributed by atoms with E-state index in [2.05, 4.69) is 15.3 Å². The van der Waals surface area contributed by atoms with Crippen LogP contribution in [0.3, 0.4) is 0 Å². The fraction of sp³-hybridized carbons (Fsp3) is 0.278. The van der Waals surface area contributed by atoms with E-state index in [1.165, 1.54) is 0 Å². The number of aromatic nitrogens is 2. The Hall–Kier alpha value is -2.18. The van der Waals surface area contributed by atoms with Crippen molar-refractivity contribution in [2.75, 3.05) is 6.54 Å². The summed E-state index contributed by atoms with van der Waals surface area (Å²) in [5, 5.41) is 6.56. The van der Waals surface area contributed by atoms with Crippen LogP contribution in [0.15, 0.2) is 34.1 Å². The number of hydrogen-bond acceptors (Lipinski definition) is 5. The summed E-state index contributed by atoms with van der Waals surface area (Å²) in [7, 11) is 0. The third kappa shape index (κ3) is 4.67. The largest absolute Gasteiger partial charge is 0.441 e. The molecule has 0 aliphatic heterocycles. The summed E-state index contributed by atoms with van der Waals surface area (Å²) in [6, 6.07) is 7.28. The van der Waals surface area contributed by atoms with Gasteiger partial charge in [0.1, 0.15) is 5.76 Å². The third-order valence-electron chi connectivity index (χ3n) is 3.66. The molecule has 0 radical (unpaired) electrons. The van der Waals surface area contributed by atoms with E-state index < -0.39 is 0 Å². The molecule has 0 atom stereocenters. The second-order valence-electron chi connectivity index (χ2n) is 5.67. The predicted octanol–water partition coefficient (Wildman–Crippen LogP) is 3.97. The molecule has 2 aromatic heterocycles. The molecule has 0 aliphatic carbocycles. The molecule has 0 saturated heterocycles. The predicted molar refractivity (Wildman–Crippen MR) is 99.0 cm³/mol. The number of hydrogen-bond donors (Lipinski definition) is 1. The van der Waals surface area contributed by atoms with E-state index in [0.717, 1.165) is 22.7 Å². The minimum absolute atomic E-state index is 0.0824. The molecule has 7 heteroatoms. The van der Waals surface area contributed by atoms with E-state index in [1.54, 1.807) is 23.5 Å². The Kier molecular flexibility index (Phi) is 5.50. The van der Waals surface area contributed by atoms with Crippen LogP contribution in [0.2, 0.25) is 5.02 Å². The molecular weight excluding hydrogens is 358 g/mol. The van der Waals surface area contributed by atoms with Crippen molar-refractivity contribution in [1.82, 2.24) is 15.3 Å². The van der Waals surface area contributed by atoms with Crippen LogP contribution < -0.4 is 5.32 Å². The lowest BCUT2D eigenvalue weighted by atomic mass is 10.2. The number of carbonyl (C=O) groups is 1. The molecule has 0 fully saturated rings. The highest BCUT2D eigenvalue weighted by atomic mass is 35.5. The highest BCUT2D eigenvalue weighted by Crippen LogP contribution is 2.24. The average molecular weight is 376 g/mol. The summed E-state index contributed by atoms with van der Waals surface area (Å²) in [6.45, 7) is 4.33. The smallest absolute Gasteiger partial charge is 0.226 e. The van der Waals surface area contributed by atoms with Crippen LogP contribution >= 0.6 is 22.9 Å². The molecule has 0 saturated carbocycles. The molecule has 2 heterocycles. The van der Waals surface area contributed by atoms with Crippen molar-refractivity contribution in [2.45, 2.75) is 26.7 Å². The van der Waals surface area contributed by atoms with Gasteiger partial charge in [0.15, 0.2) is 0 Å². The van der Waals surface area contributed by atoms with Crippen LogP contribution in [0, 0.1) is 13.8 Å². The van der Waals surface area contributed by atoms with E-state index in [-0.39, 0.29) is 12.3 Å². The lowest BCUT2D eigenvalue weighted by Crippen LogP contribution is -2.27. The van der Waals surface area contributed by atoms with Gasteiger partial charge in [-0.05, 0) is 32.0 Å². The lowest BCUT2D eigenvalue weighted by molar-refractivity contribution is -0.120. The van der Waals surface area contributed by atoms with Gasteiger partial charge in [-0.2, -0.15) is 0 Å². The molecule has 25 heavy (non-hydrogen) atoms. The van der Waals surface area contributed by atoms with Gasteiger partial charge in [0, 0.05) is 28.9 Å². The Balaban J connectivity index is 1.58. The highest BCUT2D eigenvalue weighted by molar-refractivity contribution is 7.09. The molecule has 3 aromatic rings. The maximum Gasteiger partial charge on any atom is 0.226 e. The zero-order valence-electron chi connectivity index (χ0n) is 14.0. The summed E-state index contributed by atoms with van der Waals surface area (Å²) < 4.78 is 5.67. The Labute approximate surface area is 155 Å². The Morgan fingerprint density at radius 3 is 2.88 bits per heavy atom. The number of aryl methyl sites for hydroxylation is 2. The molecule has 0 unspecified atom stereocenters. The van der Waals surface area contributed by atoms with E-state index in [0.29, 0.717) is 28.9 Å². The first kappa shape index (κ1) is 17.6. The second-order valence-corrected chi connectivity index (χ2v) is 7.17. The van der Waals surface area contributed by atoms with Crippen molar-refractivity contribution in [3.8, 4) is 11.5 Å². The number of nitrogens with zero attached hydrogens (tertiary/aromatic N) is 2. The zero-order chi connectivity index (χ0) is 17.8. The van der Waals surface area contributed by atoms with Crippen LogP contribution in [0.4, 0.5) is 0 Å². The Morgan fingerprint density at radius 2 is 2.16 bits per heavy atom. The molecule has 5 nitrogen and oxygen atoms in total. The van der Waals surface area contributed by atoms with Gasteiger partial charge < -0.3 is 9.73 Å². The quantitative estimate of drug-likeness (QED) is 0.707. The first-order chi connectivity index (χ1) is 12.0. The maximum absolute atomic E-state index is 12.1. The summed E-state index contributed by atoms with van der Waals surface area (Å²) in [6.07, 6.45) is 0.910. The van der Waals surface area contributed by atoms with E-state index >= 15 is 0 Å². The number of carbonyl (C=O) groups excluding carboxylic acids is 1. The van der Waals surface area contributed by atoms with Crippen molar-refractivity contribution < 1.29 is 9.21 Å². The Bertz CT molecular complexity index is 888. The van der Waals surface area contributed by atoms with E-state index in [4.69, 9.17) is 16.0 Å². The number of benzene rings is 1. The van der Waals surface area contributed by atoms with Crippen LogP contribution in [-0.4, -0.2) is 22.4 Å². The van der Waals surface area contributed by atoms with Crippen LogP contribution in [0.5, 0.6) is 0 Å². The van der Waals surface area contributed by atoms with Gasteiger partial charge in [-0.3, -0.25) is 4.79 Å². The number of thiazole rings is 1.